The summed E-state index contributed by atoms with van der Waals surface area (Å²) in [7, 11) is 1.61. The van der Waals surface area contributed by atoms with E-state index < -0.39 is 5.97 Å². The van der Waals surface area contributed by atoms with Gasteiger partial charge in [-0.05, 0) is 28.8 Å². The Hall–Kier alpha value is -3.93. The second-order valence-electron chi connectivity index (χ2n) is 7.47. The van der Waals surface area contributed by atoms with Gasteiger partial charge in [0.25, 0.3) is 5.91 Å². The molecule has 162 valence electrons. The molecule has 32 heavy (non-hydrogen) atoms. The lowest BCUT2D eigenvalue weighted by atomic mass is 9.98. The summed E-state index contributed by atoms with van der Waals surface area (Å²) in [5.41, 5.74) is 3.55. The molecule has 1 aliphatic rings. The fourth-order valence-corrected chi connectivity index (χ4v) is 3.65. The first kappa shape index (κ1) is 21.3. The number of hydrogen-bond donors (Lipinski definition) is 0. The Bertz CT molecular complexity index is 1100. The first-order valence-electron chi connectivity index (χ1n) is 10.4. The lowest BCUT2D eigenvalue weighted by molar-refractivity contribution is -0.152. The number of benzene rings is 3. The highest BCUT2D eigenvalue weighted by Crippen LogP contribution is 2.33. The number of methoxy groups -OCH3 is 1. The predicted molar refractivity (Wildman–Crippen MR) is 121 cm³/mol. The minimum atomic E-state index is -0.447. The van der Waals surface area contributed by atoms with Crippen LogP contribution in [-0.2, 0) is 20.7 Å². The van der Waals surface area contributed by atoms with Crippen molar-refractivity contribution < 1.29 is 19.1 Å². The molecule has 1 heterocycles. The molecule has 1 amide bonds. The van der Waals surface area contributed by atoms with E-state index in [1.165, 1.54) is 5.01 Å². The zero-order chi connectivity index (χ0) is 22.3. The third-order valence-electron chi connectivity index (χ3n) is 5.32. The molecule has 0 N–H and O–H groups in total. The highest BCUT2D eigenvalue weighted by molar-refractivity contribution is 6.03. The van der Waals surface area contributed by atoms with Crippen LogP contribution in [0.15, 0.2) is 90.0 Å². The molecular weight excluding hydrogens is 404 g/mol. The smallest absolute Gasteiger partial charge is 0.310 e. The summed E-state index contributed by atoms with van der Waals surface area (Å²) in [6.45, 7) is -0.357. The normalized spacial score (nSPS) is 15.2. The second kappa shape index (κ2) is 9.92. The summed E-state index contributed by atoms with van der Waals surface area (Å²) in [5.74, 6) is -0.0705. The van der Waals surface area contributed by atoms with Gasteiger partial charge in [0.1, 0.15) is 5.75 Å². The average molecular weight is 428 g/mol. The number of hydrogen-bond acceptors (Lipinski definition) is 5. The Labute approximate surface area is 187 Å². The quantitative estimate of drug-likeness (QED) is 0.530. The topological polar surface area (TPSA) is 68.2 Å². The summed E-state index contributed by atoms with van der Waals surface area (Å²) in [6, 6.07) is 26.3. The fraction of sp³-hybridized carbons (Fsp3) is 0.192. The molecule has 0 aromatic heterocycles. The Kier molecular flexibility index (Phi) is 6.60. The largest absolute Gasteiger partial charge is 0.497 e. The highest BCUT2D eigenvalue weighted by Gasteiger charge is 2.33. The molecule has 3 aromatic rings. The minimum absolute atomic E-state index is 0.120. The van der Waals surface area contributed by atoms with Gasteiger partial charge in [0.15, 0.2) is 6.61 Å². The number of rotatable bonds is 7. The number of nitrogens with zero attached hydrogens (tertiary/aromatic N) is 2. The number of carbonyl (C=O) groups excluding carboxylic acids is 2. The van der Waals surface area contributed by atoms with Crippen LogP contribution >= 0.6 is 0 Å². The van der Waals surface area contributed by atoms with Crippen LogP contribution in [0.3, 0.4) is 0 Å². The first-order chi connectivity index (χ1) is 15.6. The van der Waals surface area contributed by atoms with E-state index in [-0.39, 0.29) is 25.0 Å². The maximum atomic E-state index is 13.0. The molecule has 0 fully saturated rings. The van der Waals surface area contributed by atoms with E-state index in [0.717, 1.165) is 28.2 Å². The molecule has 0 bridgehead atoms. The first-order valence-corrected chi connectivity index (χ1v) is 10.4. The molecule has 0 saturated carbocycles. The zero-order valence-electron chi connectivity index (χ0n) is 17.8. The Morgan fingerprint density at radius 3 is 2.25 bits per heavy atom. The van der Waals surface area contributed by atoms with Crippen molar-refractivity contribution in [1.29, 1.82) is 0 Å². The van der Waals surface area contributed by atoms with Gasteiger partial charge < -0.3 is 9.47 Å². The van der Waals surface area contributed by atoms with Gasteiger partial charge >= 0.3 is 5.97 Å². The fourth-order valence-electron chi connectivity index (χ4n) is 3.65. The van der Waals surface area contributed by atoms with Crippen molar-refractivity contribution in [3.05, 3.63) is 102 Å². The van der Waals surface area contributed by atoms with Crippen LogP contribution in [0.5, 0.6) is 5.75 Å². The van der Waals surface area contributed by atoms with E-state index in [2.05, 4.69) is 5.10 Å². The van der Waals surface area contributed by atoms with Gasteiger partial charge in [-0.2, -0.15) is 5.10 Å². The van der Waals surface area contributed by atoms with E-state index in [1.807, 2.05) is 84.9 Å². The Morgan fingerprint density at radius 1 is 0.938 bits per heavy atom. The van der Waals surface area contributed by atoms with Gasteiger partial charge in [-0.25, -0.2) is 5.01 Å². The molecular formula is C26H24N2O4. The summed E-state index contributed by atoms with van der Waals surface area (Å²) in [4.78, 5) is 25.2. The lowest BCUT2D eigenvalue weighted by Gasteiger charge is -2.22. The van der Waals surface area contributed by atoms with E-state index in [0.29, 0.717) is 6.42 Å². The molecule has 1 atom stereocenters. The number of ether oxygens (including phenoxy) is 2. The van der Waals surface area contributed by atoms with Gasteiger partial charge in [0.05, 0.1) is 25.3 Å². The van der Waals surface area contributed by atoms with Crippen LogP contribution in [0.2, 0.25) is 0 Å². The molecule has 6 heteroatoms. The number of amides is 1. The van der Waals surface area contributed by atoms with Gasteiger partial charge in [0, 0.05) is 6.42 Å². The van der Waals surface area contributed by atoms with Crippen molar-refractivity contribution >= 4 is 17.6 Å². The number of carbonyl (C=O) groups is 2. The Morgan fingerprint density at radius 2 is 1.59 bits per heavy atom. The van der Waals surface area contributed by atoms with Gasteiger partial charge in [-0.3, -0.25) is 9.59 Å². The van der Waals surface area contributed by atoms with Gasteiger partial charge in [0.2, 0.25) is 0 Å². The van der Waals surface area contributed by atoms with E-state index >= 15 is 0 Å². The van der Waals surface area contributed by atoms with Crippen LogP contribution in [-0.4, -0.2) is 36.3 Å². The molecule has 1 unspecified atom stereocenters. The van der Waals surface area contributed by atoms with E-state index in [4.69, 9.17) is 9.47 Å². The van der Waals surface area contributed by atoms with Gasteiger partial charge in [-0.15, -0.1) is 0 Å². The molecule has 3 aromatic carbocycles. The van der Waals surface area contributed by atoms with Crippen molar-refractivity contribution in [3.63, 3.8) is 0 Å². The standard InChI is InChI=1S/C26H24N2O4/c1-31-22-14-12-21(13-15-22)24-17-23(20-10-6-3-7-11-20)27-28(24)25(29)18-32-26(30)16-19-8-4-2-5-9-19/h2-15,24H,16-18H2,1H3. The van der Waals surface area contributed by atoms with Crippen LogP contribution in [0.4, 0.5) is 0 Å². The summed E-state index contributed by atoms with van der Waals surface area (Å²) in [5, 5.41) is 6.03. The summed E-state index contributed by atoms with van der Waals surface area (Å²) >= 11 is 0. The van der Waals surface area contributed by atoms with Crippen molar-refractivity contribution in [3.8, 4) is 5.75 Å². The monoisotopic (exact) mass is 428 g/mol. The van der Waals surface area contributed by atoms with Crippen molar-refractivity contribution in [1.82, 2.24) is 5.01 Å². The van der Waals surface area contributed by atoms with Crippen LogP contribution in [0, 0.1) is 0 Å². The van der Waals surface area contributed by atoms with Crippen LogP contribution < -0.4 is 4.74 Å². The SMILES string of the molecule is COc1ccc(C2CC(c3ccccc3)=NN2C(=O)COC(=O)Cc2ccccc2)cc1. The predicted octanol–water partition coefficient (Wildman–Crippen LogP) is 4.16. The molecule has 1 aliphatic heterocycles. The highest BCUT2D eigenvalue weighted by atomic mass is 16.5. The third-order valence-corrected chi connectivity index (χ3v) is 5.32. The zero-order valence-corrected chi connectivity index (χ0v) is 17.8. The molecule has 0 spiro atoms. The molecule has 0 saturated heterocycles. The maximum absolute atomic E-state index is 13.0. The van der Waals surface area contributed by atoms with E-state index in [1.54, 1.807) is 7.11 Å². The summed E-state index contributed by atoms with van der Waals surface area (Å²) < 4.78 is 10.5. The lowest BCUT2D eigenvalue weighted by Crippen LogP contribution is -2.31. The number of esters is 1. The third kappa shape index (κ3) is 5.03. The minimum Gasteiger partial charge on any atom is -0.497 e. The van der Waals surface area contributed by atoms with E-state index in [9.17, 15) is 9.59 Å². The second-order valence-corrected chi connectivity index (χ2v) is 7.47. The average Bonchev–Trinajstić information content (AvgIpc) is 3.29. The maximum Gasteiger partial charge on any atom is 0.310 e. The van der Waals surface area contributed by atoms with Crippen molar-refractivity contribution in [2.24, 2.45) is 5.10 Å². The van der Waals surface area contributed by atoms with Gasteiger partial charge in [-0.1, -0.05) is 72.8 Å². The molecule has 6 nitrogen and oxygen atoms in total. The van der Waals surface area contributed by atoms with Crippen molar-refractivity contribution in [2.45, 2.75) is 18.9 Å². The molecule has 0 aliphatic carbocycles. The van der Waals surface area contributed by atoms with Crippen molar-refractivity contribution in [2.75, 3.05) is 13.7 Å². The number of hydrazone groups is 1. The molecule has 4 rings (SSSR count). The van der Waals surface area contributed by atoms with Crippen LogP contribution in [0.25, 0.3) is 0 Å². The molecule has 0 radical (unpaired) electrons. The Balaban J connectivity index is 1.49. The summed E-state index contributed by atoms with van der Waals surface area (Å²) in [6.07, 6.45) is 0.689. The van der Waals surface area contributed by atoms with Crippen LogP contribution in [0.1, 0.15) is 29.2 Å².